The Balaban J connectivity index is 2.15. The molecule has 2 atom stereocenters. The van der Waals surface area contributed by atoms with Gasteiger partial charge in [-0.25, -0.2) is 0 Å². The van der Waals surface area contributed by atoms with Gasteiger partial charge in [0.05, 0.1) is 12.0 Å². The van der Waals surface area contributed by atoms with Gasteiger partial charge in [-0.2, -0.15) is 0 Å². The van der Waals surface area contributed by atoms with Crippen molar-refractivity contribution in [2.24, 2.45) is 5.92 Å². The number of rotatable bonds is 3. The summed E-state index contributed by atoms with van der Waals surface area (Å²) in [5, 5.41) is 12.4. The largest absolute Gasteiger partial charge is 0.389 e. The minimum absolute atomic E-state index is 0.0592. The average Bonchev–Trinajstić information content (AvgIpc) is 2.46. The first-order valence-electron chi connectivity index (χ1n) is 6.97. The molecule has 1 amide bonds. The van der Waals surface area contributed by atoms with Crippen molar-refractivity contribution >= 4 is 27.5 Å². The van der Waals surface area contributed by atoms with E-state index in [4.69, 9.17) is 0 Å². The van der Waals surface area contributed by atoms with E-state index in [9.17, 15) is 9.90 Å². The number of hydrogen-bond acceptors (Lipinski definition) is 3. The van der Waals surface area contributed by atoms with Crippen LogP contribution in [0.2, 0.25) is 0 Å². The van der Waals surface area contributed by atoms with Crippen molar-refractivity contribution in [1.29, 1.82) is 0 Å². The van der Waals surface area contributed by atoms with Crippen molar-refractivity contribution in [3.8, 4) is 0 Å². The molecule has 1 saturated heterocycles. The van der Waals surface area contributed by atoms with Gasteiger partial charge in [0.15, 0.2) is 0 Å². The summed E-state index contributed by atoms with van der Waals surface area (Å²) in [7, 11) is 1.69. The van der Waals surface area contributed by atoms with Crippen molar-refractivity contribution in [3.05, 3.63) is 28.2 Å². The average molecular weight is 341 g/mol. The summed E-state index contributed by atoms with van der Waals surface area (Å²) >= 11 is 3.51. The molecule has 1 heterocycles. The van der Waals surface area contributed by atoms with Crippen LogP contribution in [0.1, 0.15) is 31.4 Å². The minimum Gasteiger partial charge on any atom is -0.389 e. The zero-order chi connectivity index (χ0) is 14.7. The Labute approximate surface area is 128 Å². The van der Waals surface area contributed by atoms with Crippen molar-refractivity contribution in [2.45, 2.75) is 25.9 Å². The molecule has 0 saturated carbocycles. The molecular weight excluding hydrogens is 320 g/mol. The Bertz CT molecular complexity index is 491. The molecule has 1 aliphatic rings. The Morgan fingerprint density at radius 1 is 1.55 bits per heavy atom. The first-order chi connectivity index (χ1) is 9.52. The first-order valence-corrected chi connectivity index (χ1v) is 7.76. The smallest absolute Gasteiger partial charge is 0.224 e. The van der Waals surface area contributed by atoms with Crippen LogP contribution in [0.15, 0.2) is 22.7 Å². The summed E-state index contributed by atoms with van der Waals surface area (Å²) in [6.45, 7) is 3.47. The lowest BCUT2D eigenvalue weighted by Gasteiger charge is -2.33. The fraction of sp³-hybridized carbons (Fsp3) is 0.533. The number of aliphatic hydroxyl groups is 1. The second kappa shape index (κ2) is 6.59. The van der Waals surface area contributed by atoms with Crippen molar-refractivity contribution < 1.29 is 9.90 Å². The topological polar surface area (TPSA) is 52.6 Å². The van der Waals surface area contributed by atoms with E-state index in [1.165, 1.54) is 0 Å². The Hall–Kier alpha value is -1.07. The van der Waals surface area contributed by atoms with E-state index in [2.05, 4.69) is 26.1 Å². The van der Waals surface area contributed by atoms with Crippen LogP contribution in [0.5, 0.6) is 0 Å². The lowest BCUT2D eigenvalue weighted by Crippen LogP contribution is -2.42. The second-order valence-electron chi connectivity index (χ2n) is 5.28. The Morgan fingerprint density at radius 3 is 2.90 bits per heavy atom. The van der Waals surface area contributed by atoms with Crippen LogP contribution in [0.4, 0.5) is 5.69 Å². The summed E-state index contributed by atoms with van der Waals surface area (Å²) < 4.78 is 0.909. The number of carbonyl (C=O) groups is 1. The summed E-state index contributed by atoms with van der Waals surface area (Å²) in [5.74, 6) is 0.179. The van der Waals surface area contributed by atoms with Gasteiger partial charge >= 0.3 is 0 Å². The molecule has 1 fully saturated rings. The third-order valence-corrected chi connectivity index (χ3v) is 4.52. The fourth-order valence-electron chi connectivity index (χ4n) is 2.68. The van der Waals surface area contributed by atoms with E-state index in [1.807, 2.05) is 18.2 Å². The second-order valence-corrected chi connectivity index (χ2v) is 6.14. The Kier molecular flexibility index (Phi) is 5.05. The van der Waals surface area contributed by atoms with Crippen molar-refractivity contribution in [1.82, 2.24) is 5.32 Å². The molecule has 1 aromatic rings. The van der Waals surface area contributed by atoms with E-state index in [0.29, 0.717) is 0 Å². The number of halogens is 1. The molecule has 2 N–H and O–H groups in total. The van der Waals surface area contributed by atoms with Gasteiger partial charge in [0.1, 0.15) is 0 Å². The normalized spacial score (nSPS) is 20.6. The lowest BCUT2D eigenvalue weighted by atomic mass is 9.96. The van der Waals surface area contributed by atoms with Crippen LogP contribution in [-0.4, -0.2) is 31.2 Å². The summed E-state index contributed by atoms with van der Waals surface area (Å²) in [4.78, 5) is 14.0. The number of amides is 1. The highest BCUT2D eigenvalue weighted by Gasteiger charge is 2.25. The van der Waals surface area contributed by atoms with Gasteiger partial charge < -0.3 is 15.3 Å². The van der Waals surface area contributed by atoms with Gasteiger partial charge in [-0.15, -0.1) is 0 Å². The standard InChI is InChI=1S/C15H21BrN2O2/c1-10(19)13-6-5-12(8-14(13)16)18-7-3-4-11(9-18)15(20)17-2/h5-6,8,10-11,19H,3-4,7,9H2,1-2H3,(H,17,20)/t10-,11?/m0/s1. The van der Waals surface area contributed by atoms with E-state index in [1.54, 1.807) is 14.0 Å². The highest BCUT2D eigenvalue weighted by Crippen LogP contribution is 2.30. The van der Waals surface area contributed by atoms with Gasteiger partial charge in [0.2, 0.25) is 5.91 Å². The molecule has 0 aromatic heterocycles. The number of hydrogen-bond donors (Lipinski definition) is 2. The van der Waals surface area contributed by atoms with Gasteiger partial charge in [-0.1, -0.05) is 22.0 Å². The molecule has 0 bridgehead atoms. The van der Waals surface area contributed by atoms with E-state index in [0.717, 1.165) is 41.7 Å². The minimum atomic E-state index is -0.488. The third-order valence-electron chi connectivity index (χ3n) is 3.84. The molecule has 4 nitrogen and oxygen atoms in total. The summed E-state index contributed by atoms with van der Waals surface area (Å²) in [6.07, 6.45) is 1.48. The number of anilines is 1. The van der Waals surface area contributed by atoms with Gasteiger partial charge in [0, 0.05) is 30.3 Å². The molecule has 0 radical (unpaired) electrons. The zero-order valence-corrected chi connectivity index (χ0v) is 13.5. The van der Waals surface area contributed by atoms with E-state index in [-0.39, 0.29) is 11.8 Å². The highest BCUT2D eigenvalue weighted by atomic mass is 79.9. The molecule has 1 unspecified atom stereocenters. The number of benzene rings is 1. The van der Waals surface area contributed by atoms with Crippen LogP contribution < -0.4 is 10.2 Å². The van der Waals surface area contributed by atoms with Crippen LogP contribution in [0, 0.1) is 5.92 Å². The fourth-order valence-corrected chi connectivity index (χ4v) is 3.38. The predicted molar refractivity (Wildman–Crippen MR) is 83.8 cm³/mol. The van der Waals surface area contributed by atoms with Gasteiger partial charge in [-0.3, -0.25) is 4.79 Å². The first kappa shape index (κ1) is 15.3. The number of piperidine rings is 1. The molecule has 1 aromatic carbocycles. The maximum Gasteiger partial charge on any atom is 0.224 e. The van der Waals surface area contributed by atoms with Gasteiger partial charge in [-0.05, 0) is 37.5 Å². The molecule has 1 aliphatic heterocycles. The number of nitrogens with zero attached hydrogens (tertiary/aromatic N) is 1. The number of nitrogens with one attached hydrogen (secondary N) is 1. The van der Waals surface area contributed by atoms with Crippen molar-refractivity contribution in [2.75, 3.05) is 25.0 Å². The summed E-state index contributed by atoms with van der Waals surface area (Å²) in [5.41, 5.74) is 1.98. The summed E-state index contributed by atoms with van der Waals surface area (Å²) in [6, 6.07) is 5.97. The monoisotopic (exact) mass is 340 g/mol. The van der Waals surface area contributed by atoms with Crippen molar-refractivity contribution in [3.63, 3.8) is 0 Å². The molecular formula is C15H21BrN2O2. The SMILES string of the molecule is CNC(=O)C1CCCN(c2ccc([C@H](C)O)c(Br)c2)C1. The van der Waals surface area contributed by atoms with Gasteiger partial charge in [0.25, 0.3) is 0 Å². The predicted octanol–water partition coefficient (Wildman–Crippen LogP) is 2.46. The molecule has 20 heavy (non-hydrogen) atoms. The van der Waals surface area contributed by atoms with E-state index < -0.39 is 6.10 Å². The molecule has 5 heteroatoms. The number of aliphatic hydroxyl groups excluding tert-OH is 1. The molecule has 110 valence electrons. The van der Waals surface area contributed by atoms with Crippen LogP contribution in [0.25, 0.3) is 0 Å². The maximum atomic E-state index is 11.8. The van der Waals surface area contributed by atoms with Crippen LogP contribution in [-0.2, 0) is 4.79 Å². The zero-order valence-electron chi connectivity index (χ0n) is 11.9. The maximum absolute atomic E-state index is 11.8. The molecule has 2 rings (SSSR count). The quantitative estimate of drug-likeness (QED) is 0.888. The van der Waals surface area contributed by atoms with Crippen LogP contribution >= 0.6 is 15.9 Å². The van der Waals surface area contributed by atoms with Crippen LogP contribution in [0.3, 0.4) is 0 Å². The highest BCUT2D eigenvalue weighted by molar-refractivity contribution is 9.10. The molecule has 0 aliphatic carbocycles. The third kappa shape index (κ3) is 3.33. The van der Waals surface area contributed by atoms with E-state index >= 15 is 0 Å². The number of carbonyl (C=O) groups excluding carboxylic acids is 1. The molecule has 0 spiro atoms. The Morgan fingerprint density at radius 2 is 2.30 bits per heavy atom. The lowest BCUT2D eigenvalue weighted by molar-refractivity contribution is -0.124.